The molecule has 1 atom stereocenters. The van der Waals surface area contributed by atoms with E-state index in [0.29, 0.717) is 17.4 Å². The predicted molar refractivity (Wildman–Crippen MR) is 147 cm³/mol. The van der Waals surface area contributed by atoms with E-state index in [1.807, 2.05) is 24.3 Å². The number of carbonyl (C=O) groups is 1. The number of hydrogen-bond donors (Lipinski definition) is 1. The number of aliphatic hydroxyl groups excluding tert-OH is 1. The van der Waals surface area contributed by atoms with Gasteiger partial charge in [0.2, 0.25) is 0 Å². The van der Waals surface area contributed by atoms with E-state index in [9.17, 15) is 9.90 Å². The fourth-order valence-corrected chi connectivity index (χ4v) is 4.25. The number of piperidine rings is 1. The summed E-state index contributed by atoms with van der Waals surface area (Å²) in [6, 6.07) is 24.2. The van der Waals surface area contributed by atoms with E-state index in [2.05, 4.69) is 71.3 Å². The second-order valence-electron chi connectivity index (χ2n) is 7.61. The Morgan fingerprint density at radius 1 is 1.06 bits per heavy atom. The molecule has 0 bridgehead atoms. The number of nitrogens with zero attached hydrogens (tertiary/aromatic N) is 1. The summed E-state index contributed by atoms with van der Waals surface area (Å²) in [5.41, 5.74) is 1.76. The van der Waals surface area contributed by atoms with Crippen LogP contribution in [0, 0.1) is 6.07 Å². The quantitative estimate of drug-likeness (QED) is 0.117. The maximum Gasteiger partial charge on any atom is 0.189 e. The van der Waals surface area contributed by atoms with Crippen molar-refractivity contribution in [2.24, 2.45) is 0 Å². The van der Waals surface area contributed by atoms with Crippen LogP contribution in [0.15, 0.2) is 92.0 Å². The Morgan fingerprint density at radius 3 is 2.46 bits per heavy atom. The molecule has 1 fully saturated rings. The SMILES string of the molecule is O=C(/C=C(\O)COc1cc(Br)ccc1Br)c1ccc(Br)cc1.[Ir].[c-]1ccccc1C1CCCC[N-]1. The maximum atomic E-state index is 12.0. The van der Waals surface area contributed by atoms with E-state index in [4.69, 9.17) is 4.74 Å². The Bertz CT molecular complexity index is 1100. The normalized spacial score (nSPS) is 15.3. The third-order valence-electron chi connectivity index (χ3n) is 5.02. The fraction of sp³-hybridized carbons (Fsp3) is 0.222. The van der Waals surface area contributed by atoms with Gasteiger partial charge in [-0.15, -0.1) is 12.6 Å². The van der Waals surface area contributed by atoms with Gasteiger partial charge in [-0.2, -0.15) is 35.9 Å². The first-order valence-corrected chi connectivity index (χ1v) is 13.2. The van der Waals surface area contributed by atoms with Gasteiger partial charge >= 0.3 is 0 Å². The third-order valence-corrected chi connectivity index (χ3v) is 6.70. The largest absolute Gasteiger partial charge is 0.657 e. The number of carbonyl (C=O) groups excluding carboxylic acids is 1. The van der Waals surface area contributed by atoms with Gasteiger partial charge in [0.15, 0.2) is 5.78 Å². The molecule has 0 amide bonds. The van der Waals surface area contributed by atoms with Crippen LogP contribution in [0.1, 0.15) is 41.2 Å². The molecule has 0 spiro atoms. The van der Waals surface area contributed by atoms with Gasteiger partial charge in [0.25, 0.3) is 0 Å². The number of halogens is 3. The molecule has 4 rings (SSSR count). The van der Waals surface area contributed by atoms with Gasteiger partial charge in [0.05, 0.1) is 4.47 Å². The van der Waals surface area contributed by atoms with Crippen molar-refractivity contribution in [1.29, 1.82) is 0 Å². The number of rotatable bonds is 6. The molecule has 1 N–H and O–H groups in total. The number of ketones is 1. The van der Waals surface area contributed by atoms with Gasteiger partial charge in [-0.25, -0.2) is 0 Å². The second-order valence-corrected chi connectivity index (χ2v) is 10.3. The molecule has 1 heterocycles. The van der Waals surface area contributed by atoms with Crippen LogP contribution >= 0.6 is 47.8 Å². The minimum atomic E-state index is -0.276. The van der Waals surface area contributed by atoms with Gasteiger partial charge < -0.3 is 15.2 Å². The summed E-state index contributed by atoms with van der Waals surface area (Å²) in [5.74, 6) is 0.159. The van der Waals surface area contributed by atoms with E-state index in [-0.39, 0.29) is 38.3 Å². The zero-order chi connectivity index (χ0) is 24.3. The molecule has 0 aromatic heterocycles. The molecule has 8 heteroatoms. The third kappa shape index (κ3) is 10.3. The molecule has 1 saturated heterocycles. The van der Waals surface area contributed by atoms with Crippen LogP contribution < -0.4 is 4.74 Å². The Hall–Kier alpha value is -1.28. The van der Waals surface area contributed by atoms with Crippen molar-refractivity contribution in [1.82, 2.24) is 0 Å². The number of benzene rings is 3. The number of allylic oxidation sites excluding steroid dienone is 1. The summed E-state index contributed by atoms with van der Waals surface area (Å²) >= 11 is 10.0. The molecule has 3 aromatic rings. The molecule has 0 saturated carbocycles. The van der Waals surface area contributed by atoms with Gasteiger partial charge in [0, 0.05) is 40.7 Å². The number of aliphatic hydroxyl groups is 1. The Labute approximate surface area is 245 Å². The van der Waals surface area contributed by atoms with Crippen molar-refractivity contribution < 1.29 is 34.7 Å². The first kappa shape index (κ1) is 29.9. The maximum absolute atomic E-state index is 12.0. The minimum absolute atomic E-state index is 0. The summed E-state index contributed by atoms with van der Waals surface area (Å²) in [5, 5.41) is 14.4. The molecule has 0 aliphatic carbocycles. The zero-order valence-electron chi connectivity index (χ0n) is 18.7. The van der Waals surface area contributed by atoms with Gasteiger partial charge in [-0.05, 0) is 58.4 Å². The Kier molecular flexibility index (Phi) is 13.5. The smallest absolute Gasteiger partial charge is 0.189 e. The standard InChI is InChI=1S/C16H11Br3O3.C11H13N.Ir/c17-11-3-1-10(2-4-11)15(21)8-13(20)9-22-16-7-12(18)5-6-14(16)19;1-2-6-10(7-3-1)11-8-4-5-9-12-11;/h1-8,20H,9H2;1-3,6,11H,4-5,8-9H2;/q;-2;/b13-8-;;. The van der Waals surface area contributed by atoms with Crippen LogP contribution in [0.5, 0.6) is 5.75 Å². The first-order chi connectivity index (χ1) is 16.4. The topological polar surface area (TPSA) is 60.6 Å². The molecule has 4 nitrogen and oxygen atoms in total. The van der Waals surface area contributed by atoms with Crippen LogP contribution in [0.4, 0.5) is 0 Å². The van der Waals surface area contributed by atoms with Crippen LogP contribution in [0.2, 0.25) is 0 Å². The monoisotopic (exact) mass is 840 g/mol. The van der Waals surface area contributed by atoms with Gasteiger partial charge in [-0.1, -0.05) is 51.1 Å². The second kappa shape index (κ2) is 15.7. The van der Waals surface area contributed by atoms with Crippen LogP contribution in [-0.2, 0) is 20.1 Å². The van der Waals surface area contributed by atoms with Crippen molar-refractivity contribution >= 4 is 53.6 Å². The molecule has 1 radical (unpaired) electrons. The van der Waals surface area contributed by atoms with E-state index in [1.165, 1.54) is 24.8 Å². The van der Waals surface area contributed by atoms with Crippen molar-refractivity contribution in [2.45, 2.75) is 25.3 Å². The average molecular weight is 842 g/mol. The van der Waals surface area contributed by atoms with E-state index in [1.54, 1.807) is 30.3 Å². The number of hydrogen-bond acceptors (Lipinski definition) is 3. The summed E-state index contributed by atoms with van der Waals surface area (Å²) in [4.78, 5) is 12.0. The Morgan fingerprint density at radius 2 is 1.80 bits per heavy atom. The van der Waals surface area contributed by atoms with Crippen molar-refractivity contribution in [3.63, 3.8) is 0 Å². The summed E-state index contributed by atoms with van der Waals surface area (Å²) < 4.78 is 8.00. The van der Waals surface area contributed by atoms with E-state index < -0.39 is 0 Å². The minimum Gasteiger partial charge on any atom is -0.657 e. The first-order valence-electron chi connectivity index (χ1n) is 10.8. The van der Waals surface area contributed by atoms with E-state index >= 15 is 0 Å². The van der Waals surface area contributed by atoms with Crippen molar-refractivity contribution in [2.75, 3.05) is 13.2 Å². The van der Waals surface area contributed by atoms with Crippen molar-refractivity contribution in [3.8, 4) is 5.75 Å². The molecule has 1 unspecified atom stereocenters. The van der Waals surface area contributed by atoms with Crippen molar-refractivity contribution in [3.05, 3.63) is 114 Å². The summed E-state index contributed by atoms with van der Waals surface area (Å²) in [6.07, 6.45) is 4.95. The van der Waals surface area contributed by atoms with Crippen LogP contribution in [-0.4, -0.2) is 24.0 Å². The predicted octanol–water partition coefficient (Wildman–Crippen LogP) is 8.76. The van der Waals surface area contributed by atoms with Gasteiger partial charge in [0.1, 0.15) is 18.1 Å². The fourth-order valence-electron chi connectivity index (χ4n) is 3.29. The molecule has 35 heavy (non-hydrogen) atoms. The molecular weight excluding hydrogens is 818 g/mol. The average Bonchev–Trinajstić information content (AvgIpc) is 2.86. The molecule has 1 aliphatic heterocycles. The number of ether oxygens (including phenoxy) is 1. The summed E-state index contributed by atoms with van der Waals surface area (Å²) in [7, 11) is 0. The molecule has 3 aromatic carbocycles. The Balaban J connectivity index is 0.000000280. The summed E-state index contributed by atoms with van der Waals surface area (Å²) in [6.45, 7) is 0.949. The molecular formula is C27H24Br3IrNO3-2. The molecule has 187 valence electrons. The zero-order valence-corrected chi connectivity index (χ0v) is 25.9. The van der Waals surface area contributed by atoms with E-state index in [0.717, 1.165) is 26.0 Å². The van der Waals surface area contributed by atoms with Crippen LogP contribution in [0.3, 0.4) is 0 Å². The van der Waals surface area contributed by atoms with Gasteiger partial charge in [-0.3, -0.25) is 4.79 Å². The molecule has 1 aliphatic rings. The van der Waals surface area contributed by atoms with Crippen LogP contribution in [0.25, 0.3) is 5.32 Å².